The standard InChI is InChI=1S/C24H35N5O4/c1-24(2,3)33-23(32)29-15-17(16-29)14-27-9-11-28(12-10-27)19-6-4-5-18(13-19)25-20-7-8-21(30)26-22(20)31/h4-6,13,17,20,25H,7-12,14-16H2,1-3H3,(H,26,30,31). The lowest BCUT2D eigenvalue weighted by Gasteiger charge is -2.44. The Morgan fingerprint density at radius 1 is 1.15 bits per heavy atom. The van der Waals surface area contributed by atoms with Gasteiger partial charge in [-0.3, -0.25) is 19.8 Å². The molecule has 9 heteroatoms. The third-order valence-electron chi connectivity index (χ3n) is 6.29. The molecule has 0 saturated carbocycles. The molecule has 180 valence electrons. The van der Waals surface area contributed by atoms with Gasteiger partial charge >= 0.3 is 6.09 Å². The van der Waals surface area contributed by atoms with Crippen molar-refractivity contribution < 1.29 is 19.1 Å². The van der Waals surface area contributed by atoms with Gasteiger partial charge in [0.15, 0.2) is 0 Å². The molecule has 9 nitrogen and oxygen atoms in total. The summed E-state index contributed by atoms with van der Waals surface area (Å²) in [5, 5.41) is 5.66. The molecule has 1 unspecified atom stereocenters. The van der Waals surface area contributed by atoms with E-state index in [9.17, 15) is 14.4 Å². The number of piperazine rings is 1. The lowest BCUT2D eigenvalue weighted by molar-refractivity contribution is -0.133. The maximum Gasteiger partial charge on any atom is 0.410 e. The molecule has 3 saturated heterocycles. The van der Waals surface area contributed by atoms with Gasteiger partial charge < -0.3 is 19.9 Å². The topological polar surface area (TPSA) is 94.2 Å². The molecular formula is C24H35N5O4. The lowest BCUT2D eigenvalue weighted by Crippen LogP contribution is -2.57. The van der Waals surface area contributed by atoms with Gasteiger partial charge in [-0.25, -0.2) is 4.79 Å². The maximum absolute atomic E-state index is 12.1. The SMILES string of the molecule is CC(C)(C)OC(=O)N1CC(CN2CCN(c3cccc(NC4CCC(=O)NC4=O)c3)CC2)C1. The quantitative estimate of drug-likeness (QED) is 0.652. The third-order valence-corrected chi connectivity index (χ3v) is 6.29. The summed E-state index contributed by atoms with van der Waals surface area (Å²) in [6.45, 7) is 12.0. The minimum Gasteiger partial charge on any atom is -0.444 e. The second-order valence-electron chi connectivity index (χ2n) is 10.2. The Hall–Kier alpha value is -2.81. The van der Waals surface area contributed by atoms with Crippen LogP contribution in [0.3, 0.4) is 0 Å². The van der Waals surface area contributed by atoms with Crippen molar-refractivity contribution in [3.8, 4) is 0 Å². The van der Waals surface area contributed by atoms with Gasteiger partial charge in [-0.2, -0.15) is 0 Å². The van der Waals surface area contributed by atoms with Crippen LogP contribution in [0.4, 0.5) is 16.2 Å². The van der Waals surface area contributed by atoms with Gasteiger partial charge in [-0.1, -0.05) is 6.07 Å². The number of amides is 3. The Labute approximate surface area is 195 Å². The van der Waals surface area contributed by atoms with Crippen molar-refractivity contribution in [2.24, 2.45) is 5.92 Å². The summed E-state index contributed by atoms with van der Waals surface area (Å²) >= 11 is 0. The van der Waals surface area contributed by atoms with Crippen molar-refractivity contribution in [2.75, 3.05) is 56.0 Å². The first kappa shape index (κ1) is 23.4. The highest BCUT2D eigenvalue weighted by atomic mass is 16.6. The number of likely N-dealkylation sites (tertiary alicyclic amines) is 1. The van der Waals surface area contributed by atoms with E-state index >= 15 is 0 Å². The van der Waals surface area contributed by atoms with Gasteiger partial charge in [0, 0.05) is 69.5 Å². The number of hydrogen-bond donors (Lipinski definition) is 2. The number of nitrogens with zero attached hydrogens (tertiary/aromatic N) is 3. The van der Waals surface area contributed by atoms with Gasteiger partial charge in [0.25, 0.3) is 0 Å². The van der Waals surface area contributed by atoms with Crippen LogP contribution in [0.1, 0.15) is 33.6 Å². The van der Waals surface area contributed by atoms with Crippen molar-refractivity contribution in [3.63, 3.8) is 0 Å². The van der Waals surface area contributed by atoms with Gasteiger partial charge in [0.05, 0.1) is 0 Å². The summed E-state index contributed by atoms with van der Waals surface area (Å²) in [6.07, 6.45) is 0.663. The van der Waals surface area contributed by atoms with Crippen molar-refractivity contribution >= 4 is 29.3 Å². The van der Waals surface area contributed by atoms with Crippen LogP contribution in [-0.2, 0) is 14.3 Å². The fourth-order valence-corrected chi connectivity index (χ4v) is 4.54. The van der Waals surface area contributed by atoms with Crippen LogP contribution in [-0.4, -0.2) is 85.2 Å². The van der Waals surface area contributed by atoms with E-state index in [0.29, 0.717) is 18.8 Å². The summed E-state index contributed by atoms with van der Waals surface area (Å²) in [6, 6.07) is 7.74. The molecule has 0 aromatic heterocycles. The number of carbonyl (C=O) groups is 3. The molecule has 1 atom stereocenters. The van der Waals surface area contributed by atoms with E-state index in [0.717, 1.165) is 57.2 Å². The number of hydrogen-bond acceptors (Lipinski definition) is 7. The third kappa shape index (κ3) is 6.16. The molecule has 3 fully saturated rings. The van der Waals surface area contributed by atoms with Gasteiger partial charge in [-0.15, -0.1) is 0 Å². The first-order chi connectivity index (χ1) is 15.7. The zero-order valence-electron chi connectivity index (χ0n) is 19.8. The van der Waals surface area contributed by atoms with Crippen LogP contribution in [0.2, 0.25) is 0 Å². The molecule has 3 heterocycles. The molecule has 1 aromatic carbocycles. The molecule has 33 heavy (non-hydrogen) atoms. The zero-order valence-corrected chi connectivity index (χ0v) is 19.8. The van der Waals surface area contributed by atoms with Crippen LogP contribution in [0.5, 0.6) is 0 Å². The second-order valence-corrected chi connectivity index (χ2v) is 10.2. The Kier molecular flexibility index (Phi) is 6.78. The van der Waals surface area contributed by atoms with Gasteiger partial charge in [0.1, 0.15) is 11.6 Å². The van der Waals surface area contributed by atoms with E-state index in [4.69, 9.17) is 4.74 Å². The van der Waals surface area contributed by atoms with E-state index in [1.807, 2.05) is 32.9 Å². The van der Waals surface area contributed by atoms with Crippen molar-refractivity contribution in [2.45, 2.75) is 45.3 Å². The molecule has 3 aliphatic heterocycles. The average Bonchev–Trinajstić information content (AvgIpc) is 2.72. The number of piperidine rings is 1. The van der Waals surface area contributed by atoms with Gasteiger partial charge in [0.2, 0.25) is 11.8 Å². The normalized spacial score (nSPS) is 22.6. The van der Waals surface area contributed by atoms with Crippen LogP contribution < -0.4 is 15.5 Å². The summed E-state index contributed by atoms with van der Waals surface area (Å²) < 4.78 is 5.44. The predicted molar refractivity (Wildman–Crippen MR) is 126 cm³/mol. The van der Waals surface area contributed by atoms with E-state index < -0.39 is 5.60 Å². The average molecular weight is 458 g/mol. The van der Waals surface area contributed by atoms with E-state index in [1.165, 1.54) is 0 Å². The van der Waals surface area contributed by atoms with E-state index in [1.54, 1.807) is 4.90 Å². The smallest absolute Gasteiger partial charge is 0.410 e. The largest absolute Gasteiger partial charge is 0.444 e. The monoisotopic (exact) mass is 457 g/mol. The molecule has 0 radical (unpaired) electrons. The maximum atomic E-state index is 12.1. The summed E-state index contributed by atoms with van der Waals surface area (Å²) in [4.78, 5) is 42.1. The second kappa shape index (κ2) is 9.59. The Bertz CT molecular complexity index is 885. The Balaban J connectivity index is 1.21. The number of benzene rings is 1. The predicted octanol–water partition coefficient (Wildman–Crippen LogP) is 1.89. The number of carbonyl (C=O) groups excluding carboxylic acids is 3. The summed E-state index contributed by atoms with van der Waals surface area (Å²) in [5.41, 5.74) is 1.57. The lowest BCUT2D eigenvalue weighted by atomic mass is 10.00. The molecule has 0 bridgehead atoms. The fraction of sp³-hybridized carbons (Fsp3) is 0.625. The number of nitrogens with one attached hydrogen (secondary N) is 2. The number of imide groups is 1. The molecule has 1 aromatic rings. The van der Waals surface area contributed by atoms with Gasteiger partial charge in [-0.05, 0) is 45.4 Å². The molecule has 3 aliphatic rings. The zero-order chi connectivity index (χ0) is 23.6. The Morgan fingerprint density at radius 2 is 1.88 bits per heavy atom. The minimum absolute atomic E-state index is 0.205. The molecule has 2 N–H and O–H groups in total. The van der Waals surface area contributed by atoms with E-state index in [2.05, 4.69) is 32.6 Å². The fourth-order valence-electron chi connectivity index (χ4n) is 4.54. The van der Waals surface area contributed by atoms with Crippen molar-refractivity contribution in [3.05, 3.63) is 24.3 Å². The Morgan fingerprint density at radius 3 is 2.55 bits per heavy atom. The highest BCUT2D eigenvalue weighted by Gasteiger charge is 2.35. The first-order valence-electron chi connectivity index (χ1n) is 11.8. The number of rotatable bonds is 5. The molecule has 0 spiro atoms. The van der Waals surface area contributed by atoms with Crippen LogP contribution in [0.25, 0.3) is 0 Å². The van der Waals surface area contributed by atoms with Crippen molar-refractivity contribution in [1.29, 1.82) is 0 Å². The van der Waals surface area contributed by atoms with Crippen molar-refractivity contribution in [1.82, 2.24) is 15.1 Å². The summed E-state index contributed by atoms with van der Waals surface area (Å²) in [7, 11) is 0. The molecule has 3 amide bonds. The van der Waals surface area contributed by atoms with Crippen LogP contribution >= 0.6 is 0 Å². The highest BCUT2D eigenvalue weighted by Crippen LogP contribution is 2.24. The van der Waals surface area contributed by atoms with Crippen LogP contribution in [0, 0.1) is 5.92 Å². The molecular weight excluding hydrogens is 422 g/mol. The molecule has 0 aliphatic carbocycles. The minimum atomic E-state index is -0.451. The highest BCUT2D eigenvalue weighted by molar-refractivity contribution is 6.01. The van der Waals surface area contributed by atoms with E-state index in [-0.39, 0.29) is 23.9 Å². The summed E-state index contributed by atoms with van der Waals surface area (Å²) in [5.74, 6) is 0.0423. The van der Waals surface area contributed by atoms with Crippen LogP contribution in [0.15, 0.2) is 24.3 Å². The molecule has 4 rings (SSSR count). The number of anilines is 2. The first-order valence-corrected chi connectivity index (χ1v) is 11.8. The number of ether oxygens (including phenoxy) is 1.